The number of hydrogen-bond donors (Lipinski definition) is 1. The number of aryl methyl sites for hydroxylation is 1. The summed E-state index contributed by atoms with van der Waals surface area (Å²) in [7, 11) is 0. The van der Waals surface area contributed by atoms with E-state index in [1.165, 1.54) is 11.1 Å². The molecule has 2 aliphatic heterocycles. The normalized spacial score (nSPS) is 17.8. The third kappa shape index (κ3) is 4.26. The number of aromatic nitrogens is 3. The third-order valence-corrected chi connectivity index (χ3v) is 5.43. The summed E-state index contributed by atoms with van der Waals surface area (Å²) in [5.41, 5.74) is 1.16. The minimum absolute atomic E-state index is 0.0161. The zero-order chi connectivity index (χ0) is 23.9. The topological polar surface area (TPSA) is 107 Å². The van der Waals surface area contributed by atoms with E-state index >= 15 is 0 Å². The Bertz CT molecular complexity index is 1120. The number of pyridine rings is 1. The van der Waals surface area contributed by atoms with Crippen LogP contribution in [0, 0.1) is 6.92 Å². The summed E-state index contributed by atoms with van der Waals surface area (Å²) in [4.78, 5) is 43.7. The van der Waals surface area contributed by atoms with Crippen LogP contribution in [0.3, 0.4) is 0 Å². The van der Waals surface area contributed by atoms with Gasteiger partial charge in [0, 0.05) is 24.0 Å². The number of aromatic amines is 1. The second-order valence-corrected chi connectivity index (χ2v) is 8.19. The van der Waals surface area contributed by atoms with E-state index in [0.717, 1.165) is 12.8 Å². The molecule has 0 fully saturated rings. The lowest BCUT2D eigenvalue weighted by molar-refractivity contribution is -0.249. The van der Waals surface area contributed by atoms with Crippen molar-refractivity contribution in [1.29, 1.82) is 0 Å². The number of amidine groups is 1. The van der Waals surface area contributed by atoms with Gasteiger partial charge in [0.2, 0.25) is 6.29 Å². The molecule has 1 atom stereocenters. The number of rotatable bonds is 6. The molecule has 33 heavy (non-hydrogen) atoms. The van der Waals surface area contributed by atoms with E-state index in [1.807, 2.05) is 6.92 Å². The van der Waals surface area contributed by atoms with E-state index in [0.29, 0.717) is 29.4 Å². The Hall–Kier alpha value is -3.16. The predicted octanol–water partition coefficient (Wildman–Crippen LogP) is 3.31. The molecule has 2 aromatic heterocycles. The summed E-state index contributed by atoms with van der Waals surface area (Å²) in [6.45, 7) is 4.05. The van der Waals surface area contributed by atoms with Crippen LogP contribution < -0.4 is 4.90 Å². The molecule has 0 saturated carbocycles. The summed E-state index contributed by atoms with van der Waals surface area (Å²) < 4.78 is 39.2. The van der Waals surface area contributed by atoms with Crippen LogP contribution in [-0.2, 0) is 9.63 Å². The highest BCUT2D eigenvalue weighted by atomic mass is 79.9. The lowest BCUT2D eigenvalue weighted by Crippen LogP contribution is -2.60. The van der Waals surface area contributed by atoms with Crippen molar-refractivity contribution in [3.05, 3.63) is 40.0 Å². The minimum atomic E-state index is -5.25. The molecule has 0 aliphatic carbocycles. The van der Waals surface area contributed by atoms with Crippen LogP contribution in [0.2, 0.25) is 0 Å². The molecular formula is C19H19BrF3N7O3. The van der Waals surface area contributed by atoms with Crippen LogP contribution in [0.1, 0.15) is 47.9 Å². The molecular weight excluding hydrogens is 511 g/mol. The van der Waals surface area contributed by atoms with E-state index < -0.39 is 24.3 Å². The summed E-state index contributed by atoms with van der Waals surface area (Å²) in [5.74, 6) is -2.80. The number of nitrogens with one attached hydrogen (secondary N) is 1. The van der Waals surface area contributed by atoms with Crippen LogP contribution in [0.4, 0.5) is 19.0 Å². The van der Waals surface area contributed by atoms with Crippen LogP contribution in [0.25, 0.3) is 0 Å². The number of hydrazone groups is 1. The maximum Gasteiger partial charge on any atom is 0.493 e. The predicted molar refractivity (Wildman–Crippen MR) is 113 cm³/mol. The summed E-state index contributed by atoms with van der Waals surface area (Å²) in [6, 6.07) is 3.18. The lowest BCUT2D eigenvalue weighted by Gasteiger charge is -2.40. The first kappa shape index (κ1) is 23.0. The Balaban J connectivity index is 1.82. The molecule has 4 heterocycles. The van der Waals surface area contributed by atoms with Crippen molar-refractivity contribution < 1.29 is 27.6 Å². The van der Waals surface area contributed by atoms with Gasteiger partial charge in [0.15, 0.2) is 16.4 Å². The Morgan fingerprint density at radius 3 is 2.76 bits per heavy atom. The van der Waals surface area contributed by atoms with E-state index in [1.54, 1.807) is 24.0 Å². The molecule has 2 aliphatic rings. The molecule has 1 unspecified atom stereocenters. The number of carbonyl (C=O) groups is 2. The van der Waals surface area contributed by atoms with Gasteiger partial charge in [0.25, 0.3) is 5.91 Å². The van der Waals surface area contributed by atoms with Gasteiger partial charge in [-0.2, -0.15) is 13.2 Å². The number of fused-ring (bicyclic) bond motifs is 2. The molecule has 1 N–H and O–H groups in total. The van der Waals surface area contributed by atoms with E-state index in [9.17, 15) is 22.8 Å². The number of H-pyrrole nitrogens is 1. The average molecular weight is 530 g/mol. The fraction of sp³-hybridized carbons (Fsp3) is 0.421. The molecule has 0 radical (unpaired) electrons. The Labute approximate surface area is 194 Å². The first-order chi connectivity index (χ1) is 15.6. The number of halogens is 4. The molecule has 0 bridgehead atoms. The fourth-order valence-electron chi connectivity index (χ4n) is 3.62. The van der Waals surface area contributed by atoms with Gasteiger partial charge in [0.1, 0.15) is 5.69 Å². The number of hydroxylamine groups is 1. The summed E-state index contributed by atoms with van der Waals surface area (Å²) >= 11 is 3.21. The molecule has 4 rings (SSSR count). The van der Waals surface area contributed by atoms with Crippen molar-refractivity contribution in [2.45, 2.75) is 45.6 Å². The van der Waals surface area contributed by atoms with E-state index in [4.69, 9.17) is 0 Å². The largest absolute Gasteiger partial charge is 0.493 e. The van der Waals surface area contributed by atoms with Crippen molar-refractivity contribution in [1.82, 2.24) is 25.0 Å². The second kappa shape index (κ2) is 8.65. The molecule has 10 nitrogen and oxygen atoms in total. The van der Waals surface area contributed by atoms with Crippen molar-refractivity contribution in [3.8, 4) is 0 Å². The number of unbranched alkanes of at least 4 members (excludes halogenated alkanes) is 2. The Morgan fingerprint density at radius 1 is 1.33 bits per heavy atom. The number of anilines is 1. The number of amides is 1. The van der Waals surface area contributed by atoms with Crippen molar-refractivity contribution in [2.24, 2.45) is 5.10 Å². The van der Waals surface area contributed by atoms with Crippen molar-refractivity contribution in [2.75, 3.05) is 11.4 Å². The Kier molecular flexibility index (Phi) is 6.03. The molecule has 14 heteroatoms. The van der Waals surface area contributed by atoms with E-state index in [-0.39, 0.29) is 22.1 Å². The molecule has 1 amide bonds. The van der Waals surface area contributed by atoms with Crippen molar-refractivity contribution in [3.63, 3.8) is 0 Å². The lowest BCUT2D eigenvalue weighted by atomic mass is 10.1. The van der Waals surface area contributed by atoms with Gasteiger partial charge in [-0.3, -0.25) is 9.78 Å². The van der Waals surface area contributed by atoms with E-state index in [2.05, 4.69) is 40.8 Å². The highest BCUT2D eigenvalue weighted by molar-refractivity contribution is 9.10. The number of alkyl halides is 3. The minimum Gasteiger partial charge on any atom is -0.327 e. The van der Waals surface area contributed by atoms with Gasteiger partial charge in [0.05, 0.1) is 0 Å². The molecule has 2 aromatic rings. The van der Waals surface area contributed by atoms with Gasteiger partial charge >= 0.3 is 12.1 Å². The summed E-state index contributed by atoms with van der Waals surface area (Å²) in [5, 5.41) is 4.61. The quantitative estimate of drug-likeness (QED) is 0.572. The number of nitrogens with zero attached hydrogens (tertiary/aromatic N) is 6. The van der Waals surface area contributed by atoms with Gasteiger partial charge in [-0.15, -0.1) is 5.10 Å². The average Bonchev–Trinajstić information content (AvgIpc) is 3.31. The second-order valence-electron chi connectivity index (χ2n) is 7.44. The zero-order valence-electron chi connectivity index (χ0n) is 17.6. The smallest absolute Gasteiger partial charge is 0.327 e. The summed E-state index contributed by atoms with van der Waals surface area (Å²) in [6.07, 6.45) is -2.67. The molecule has 0 spiro atoms. The highest BCUT2D eigenvalue weighted by Gasteiger charge is 2.53. The molecule has 0 aromatic carbocycles. The van der Waals surface area contributed by atoms with Gasteiger partial charge in [-0.1, -0.05) is 24.9 Å². The first-order valence-electron chi connectivity index (χ1n) is 10.1. The van der Waals surface area contributed by atoms with Crippen LogP contribution in [0.5, 0.6) is 0 Å². The van der Waals surface area contributed by atoms with Gasteiger partial charge in [-0.05, 0) is 41.4 Å². The van der Waals surface area contributed by atoms with Crippen molar-refractivity contribution >= 4 is 39.5 Å². The number of imidazole rings is 1. The van der Waals surface area contributed by atoms with Crippen LogP contribution in [0.15, 0.2) is 28.2 Å². The maximum absolute atomic E-state index is 13.4. The fourth-order valence-corrected chi connectivity index (χ4v) is 3.99. The Morgan fingerprint density at radius 2 is 2.09 bits per heavy atom. The highest BCUT2D eigenvalue weighted by Crippen LogP contribution is 2.37. The number of hydrogen-bond acceptors (Lipinski definition) is 8. The molecule has 176 valence electrons. The standard InChI is InChI=1S/C19H19BrF3N7O3/c1-3-4-5-8-28-14-12(25-17(20)26-14)15(31)29-13(11-6-7-24-10(2)9-11)27-30(18(28)29)33-16(32)19(21,22)23/h6-7,9,18H,3-5,8H2,1-2H3,(H,25,26). The first-order valence-corrected chi connectivity index (χ1v) is 10.9. The number of carbonyl (C=O) groups excluding carboxylic acids is 2. The monoisotopic (exact) mass is 529 g/mol. The maximum atomic E-state index is 13.4. The van der Waals surface area contributed by atoms with Crippen LogP contribution >= 0.6 is 15.9 Å². The SMILES string of the molecule is CCCCCN1c2nc(Br)[nH]c2C(=O)N2C(c3ccnc(C)c3)=NN(OC(=O)C(F)(F)F)C21. The van der Waals surface area contributed by atoms with Gasteiger partial charge < -0.3 is 14.7 Å². The van der Waals surface area contributed by atoms with Crippen LogP contribution in [-0.4, -0.2) is 61.7 Å². The molecule has 0 saturated heterocycles. The zero-order valence-corrected chi connectivity index (χ0v) is 19.1. The van der Waals surface area contributed by atoms with Gasteiger partial charge in [-0.25, -0.2) is 14.7 Å². The third-order valence-electron chi connectivity index (χ3n) is 5.05.